The van der Waals surface area contributed by atoms with Gasteiger partial charge in [-0.1, -0.05) is 28.1 Å². The summed E-state index contributed by atoms with van der Waals surface area (Å²) >= 11 is 3.40. The molecule has 1 N–H and O–H groups in total. The molecule has 1 aliphatic heterocycles. The number of morpholine rings is 1. The first-order valence-corrected chi connectivity index (χ1v) is 7.60. The van der Waals surface area contributed by atoms with E-state index < -0.39 is 0 Å². The molecule has 2 rings (SSSR count). The van der Waals surface area contributed by atoms with Crippen LogP contribution in [-0.2, 0) is 9.53 Å². The normalized spacial score (nSPS) is 24.5. The van der Waals surface area contributed by atoms with Crippen LogP contribution in [0.4, 0.5) is 0 Å². The minimum absolute atomic E-state index is 0.0446. The van der Waals surface area contributed by atoms with Gasteiger partial charge in [-0.25, -0.2) is 0 Å². The number of rotatable bonds is 3. The first-order chi connectivity index (χ1) is 9.52. The van der Waals surface area contributed by atoms with Gasteiger partial charge in [0.1, 0.15) is 0 Å². The van der Waals surface area contributed by atoms with Crippen molar-refractivity contribution in [2.75, 3.05) is 19.8 Å². The van der Waals surface area contributed by atoms with Gasteiger partial charge in [0, 0.05) is 11.0 Å². The van der Waals surface area contributed by atoms with Gasteiger partial charge in [-0.05, 0) is 31.5 Å². The van der Waals surface area contributed by atoms with Crippen LogP contribution in [0.3, 0.4) is 0 Å². The zero-order valence-electron chi connectivity index (χ0n) is 11.8. The number of benzene rings is 1. The number of aliphatic hydroxyl groups is 1. The second-order valence-corrected chi connectivity index (χ2v) is 6.17. The van der Waals surface area contributed by atoms with Gasteiger partial charge < -0.3 is 14.7 Å². The van der Waals surface area contributed by atoms with Crippen LogP contribution < -0.4 is 0 Å². The summed E-state index contributed by atoms with van der Waals surface area (Å²) in [6.45, 7) is 4.77. The Balaban J connectivity index is 2.10. The summed E-state index contributed by atoms with van der Waals surface area (Å²) in [5.74, 6) is -0.107. The molecule has 1 aromatic rings. The van der Waals surface area contributed by atoms with E-state index in [0.717, 1.165) is 10.0 Å². The Labute approximate surface area is 127 Å². The average molecular weight is 342 g/mol. The van der Waals surface area contributed by atoms with Crippen molar-refractivity contribution in [1.29, 1.82) is 0 Å². The van der Waals surface area contributed by atoms with Crippen molar-refractivity contribution >= 4 is 21.8 Å². The Kier molecular flexibility index (Phi) is 5.18. The van der Waals surface area contributed by atoms with Gasteiger partial charge in [0.15, 0.2) is 0 Å². The lowest BCUT2D eigenvalue weighted by Gasteiger charge is -2.38. The highest BCUT2D eigenvalue weighted by atomic mass is 79.9. The highest BCUT2D eigenvalue weighted by Gasteiger charge is 2.32. The average Bonchev–Trinajstić information content (AvgIpc) is 2.47. The molecule has 0 bridgehead atoms. The molecule has 3 unspecified atom stereocenters. The SMILES string of the molecule is CC(C(=O)N1CC(CO)OCC1C)c1ccc(Br)cc1. The summed E-state index contributed by atoms with van der Waals surface area (Å²) in [5.41, 5.74) is 0.998. The molecule has 1 heterocycles. The van der Waals surface area contributed by atoms with Crippen molar-refractivity contribution < 1.29 is 14.6 Å². The molecule has 5 heteroatoms. The molecular formula is C15H20BrNO3. The molecule has 1 aromatic carbocycles. The first kappa shape index (κ1) is 15.5. The predicted molar refractivity (Wildman–Crippen MR) is 80.6 cm³/mol. The Bertz CT molecular complexity index is 463. The molecule has 0 aliphatic carbocycles. The summed E-state index contributed by atoms with van der Waals surface area (Å²) < 4.78 is 6.47. The van der Waals surface area contributed by atoms with E-state index in [4.69, 9.17) is 4.74 Å². The van der Waals surface area contributed by atoms with Crippen LogP contribution >= 0.6 is 15.9 Å². The first-order valence-electron chi connectivity index (χ1n) is 6.81. The van der Waals surface area contributed by atoms with Gasteiger partial charge in [0.25, 0.3) is 0 Å². The number of aliphatic hydroxyl groups excluding tert-OH is 1. The van der Waals surface area contributed by atoms with Gasteiger partial charge >= 0.3 is 0 Å². The van der Waals surface area contributed by atoms with E-state index in [1.54, 1.807) is 0 Å². The standard InChI is InChI=1S/C15H20BrNO3/c1-10-9-20-14(8-18)7-17(10)15(19)11(2)12-3-5-13(16)6-4-12/h3-6,10-11,14,18H,7-9H2,1-2H3. The lowest BCUT2D eigenvalue weighted by molar-refractivity contribution is -0.147. The summed E-state index contributed by atoms with van der Waals surface area (Å²) in [6, 6.07) is 7.85. The van der Waals surface area contributed by atoms with Crippen molar-refractivity contribution in [2.45, 2.75) is 31.9 Å². The molecule has 1 aliphatic rings. The monoisotopic (exact) mass is 341 g/mol. The van der Waals surface area contributed by atoms with E-state index in [9.17, 15) is 9.90 Å². The maximum absolute atomic E-state index is 12.6. The third-order valence-electron chi connectivity index (χ3n) is 3.73. The Morgan fingerprint density at radius 3 is 2.75 bits per heavy atom. The van der Waals surface area contributed by atoms with Crippen LogP contribution in [0.1, 0.15) is 25.3 Å². The summed E-state index contributed by atoms with van der Waals surface area (Å²) in [6.07, 6.45) is -0.271. The van der Waals surface area contributed by atoms with Gasteiger partial charge in [0.2, 0.25) is 5.91 Å². The number of hydrogen-bond donors (Lipinski definition) is 1. The molecule has 0 saturated carbocycles. The largest absolute Gasteiger partial charge is 0.394 e. The van der Waals surface area contributed by atoms with Crippen LogP contribution in [0.15, 0.2) is 28.7 Å². The number of carbonyl (C=O) groups is 1. The Hall–Kier alpha value is -0.910. The summed E-state index contributed by atoms with van der Waals surface area (Å²) in [4.78, 5) is 14.4. The van der Waals surface area contributed by atoms with Crippen molar-refractivity contribution in [3.63, 3.8) is 0 Å². The van der Waals surface area contributed by atoms with Gasteiger partial charge in [-0.3, -0.25) is 4.79 Å². The highest BCUT2D eigenvalue weighted by Crippen LogP contribution is 2.23. The lowest BCUT2D eigenvalue weighted by Crippen LogP contribution is -2.53. The second kappa shape index (κ2) is 6.70. The van der Waals surface area contributed by atoms with E-state index in [0.29, 0.717) is 13.2 Å². The minimum Gasteiger partial charge on any atom is -0.394 e. The molecule has 1 saturated heterocycles. The molecule has 3 atom stereocenters. The van der Waals surface area contributed by atoms with E-state index in [1.807, 2.05) is 43.0 Å². The predicted octanol–water partition coefficient (Wildman–Crippen LogP) is 2.16. The Morgan fingerprint density at radius 1 is 1.50 bits per heavy atom. The highest BCUT2D eigenvalue weighted by molar-refractivity contribution is 9.10. The van der Waals surface area contributed by atoms with Crippen molar-refractivity contribution in [3.8, 4) is 0 Å². The lowest BCUT2D eigenvalue weighted by atomic mass is 9.98. The summed E-state index contributed by atoms with van der Waals surface area (Å²) in [5, 5.41) is 9.19. The molecule has 0 aromatic heterocycles. The maximum Gasteiger partial charge on any atom is 0.230 e. The van der Waals surface area contributed by atoms with Gasteiger partial charge in [-0.2, -0.15) is 0 Å². The Morgan fingerprint density at radius 2 is 2.15 bits per heavy atom. The molecule has 4 nitrogen and oxygen atoms in total. The van der Waals surface area contributed by atoms with Gasteiger partial charge in [0.05, 0.1) is 31.3 Å². The minimum atomic E-state index is -0.271. The second-order valence-electron chi connectivity index (χ2n) is 5.25. The van der Waals surface area contributed by atoms with E-state index in [1.165, 1.54) is 0 Å². The number of hydrogen-bond acceptors (Lipinski definition) is 3. The van der Waals surface area contributed by atoms with Crippen LogP contribution in [-0.4, -0.2) is 47.8 Å². The van der Waals surface area contributed by atoms with E-state index >= 15 is 0 Å². The van der Waals surface area contributed by atoms with E-state index in [-0.39, 0.29) is 30.6 Å². The fourth-order valence-electron chi connectivity index (χ4n) is 2.38. The van der Waals surface area contributed by atoms with Crippen molar-refractivity contribution in [2.24, 2.45) is 0 Å². The fourth-order valence-corrected chi connectivity index (χ4v) is 2.64. The number of carbonyl (C=O) groups excluding carboxylic acids is 1. The maximum atomic E-state index is 12.6. The molecule has 20 heavy (non-hydrogen) atoms. The van der Waals surface area contributed by atoms with E-state index in [2.05, 4.69) is 15.9 Å². The number of halogens is 1. The van der Waals surface area contributed by atoms with Crippen LogP contribution in [0.2, 0.25) is 0 Å². The topological polar surface area (TPSA) is 49.8 Å². The van der Waals surface area contributed by atoms with Crippen LogP contribution in [0.5, 0.6) is 0 Å². The molecule has 0 radical (unpaired) electrons. The van der Waals surface area contributed by atoms with Gasteiger partial charge in [-0.15, -0.1) is 0 Å². The molecule has 1 fully saturated rings. The number of nitrogens with zero attached hydrogens (tertiary/aromatic N) is 1. The summed E-state index contributed by atoms with van der Waals surface area (Å²) in [7, 11) is 0. The third kappa shape index (κ3) is 3.40. The number of ether oxygens (including phenoxy) is 1. The third-order valence-corrected chi connectivity index (χ3v) is 4.26. The molecular weight excluding hydrogens is 322 g/mol. The van der Waals surface area contributed by atoms with Crippen LogP contribution in [0.25, 0.3) is 0 Å². The molecule has 110 valence electrons. The van der Waals surface area contributed by atoms with Crippen LogP contribution in [0, 0.1) is 0 Å². The number of amides is 1. The fraction of sp³-hybridized carbons (Fsp3) is 0.533. The van der Waals surface area contributed by atoms with Crippen molar-refractivity contribution in [3.05, 3.63) is 34.3 Å². The zero-order valence-corrected chi connectivity index (χ0v) is 13.3. The quantitative estimate of drug-likeness (QED) is 0.916. The zero-order chi connectivity index (χ0) is 14.7. The van der Waals surface area contributed by atoms with Crippen molar-refractivity contribution in [1.82, 2.24) is 4.90 Å². The molecule has 0 spiro atoms. The molecule has 1 amide bonds. The smallest absolute Gasteiger partial charge is 0.230 e.